The molecule has 2 heterocycles. The molecule has 1 aliphatic rings. The van der Waals surface area contributed by atoms with E-state index >= 15 is 0 Å². The highest BCUT2D eigenvalue weighted by atomic mass is 16.3. The minimum atomic E-state index is -0.0412. The molecule has 1 saturated heterocycles. The number of carbonyl (C=O) groups excluding carboxylic acids is 1. The van der Waals surface area contributed by atoms with E-state index in [1.807, 2.05) is 6.92 Å². The Hall–Kier alpha value is -1.29. The lowest BCUT2D eigenvalue weighted by Crippen LogP contribution is -2.31. The molecule has 1 atom stereocenters. The van der Waals surface area contributed by atoms with Gasteiger partial charge in [0.15, 0.2) is 5.76 Å². The molecule has 1 aliphatic heterocycles. The van der Waals surface area contributed by atoms with Crippen LogP contribution in [0, 0.1) is 6.92 Å². The number of carbonyl (C=O) groups is 1. The first-order chi connectivity index (χ1) is 6.68. The fourth-order valence-corrected chi connectivity index (χ4v) is 1.71. The molecule has 1 amide bonds. The molecular formula is C10H14N2O2. The van der Waals surface area contributed by atoms with Gasteiger partial charge in [-0.1, -0.05) is 0 Å². The monoisotopic (exact) mass is 194 g/mol. The molecule has 14 heavy (non-hydrogen) atoms. The molecule has 76 valence electrons. The van der Waals surface area contributed by atoms with Crippen molar-refractivity contribution in [2.45, 2.75) is 19.4 Å². The Morgan fingerprint density at radius 3 is 3.00 bits per heavy atom. The zero-order valence-electron chi connectivity index (χ0n) is 8.19. The lowest BCUT2D eigenvalue weighted by atomic mass is 10.2. The number of nitrogens with two attached hydrogens (primary N) is 1. The summed E-state index contributed by atoms with van der Waals surface area (Å²) in [5.74, 6) is 0.402. The molecule has 0 radical (unpaired) electrons. The standard InChI is InChI=1S/C10H14N2O2/c1-7-3-5-14-9(7)10(13)12-4-2-8(11)6-12/h3,5,8H,2,4,6,11H2,1H3/t8-/m1/s1. The molecule has 0 bridgehead atoms. The molecule has 2 N–H and O–H groups in total. The van der Waals surface area contributed by atoms with Crippen molar-refractivity contribution in [1.29, 1.82) is 0 Å². The summed E-state index contributed by atoms with van der Waals surface area (Å²) >= 11 is 0. The SMILES string of the molecule is Cc1ccoc1C(=O)N1CC[C@@H](N)C1. The van der Waals surface area contributed by atoms with Gasteiger partial charge < -0.3 is 15.1 Å². The van der Waals surface area contributed by atoms with E-state index in [-0.39, 0.29) is 11.9 Å². The average molecular weight is 194 g/mol. The van der Waals surface area contributed by atoms with Crippen LogP contribution in [0.4, 0.5) is 0 Å². The Morgan fingerprint density at radius 2 is 2.50 bits per heavy atom. The normalized spacial score (nSPS) is 21.6. The second-order valence-electron chi connectivity index (χ2n) is 3.73. The van der Waals surface area contributed by atoms with Crippen LogP contribution < -0.4 is 5.73 Å². The quantitative estimate of drug-likeness (QED) is 0.718. The van der Waals surface area contributed by atoms with Crippen LogP contribution in [0.25, 0.3) is 0 Å². The Balaban J connectivity index is 2.13. The molecule has 0 aromatic carbocycles. The fourth-order valence-electron chi connectivity index (χ4n) is 1.71. The van der Waals surface area contributed by atoms with Gasteiger partial charge >= 0.3 is 0 Å². The summed E-state index contributed by atoms with van der Waals surface area (Å²) in [7, 11) is 0. The van der Waals surface area contributed by atoms with Crippen LogP contribution in [0.3, 0.4) is 0 Å². The zero-order valence-corrected chi connectivity index (χ0v) is 8.19. The van der Waals surface area contributed by atoms with E-state index in [9.17, 15) is 4.79 Å². The summed E-state index contributed by atoms with van der Waals surface area (Å²) in [5, 5.41) is 0. The molecule has 0 aliphatic carbocycles. The van der Waals surface area contributed by atoms with Crippen molar-refractivity contribution in [2.24, 2.45) is 5.73 Å². The summed E-state index contributed by atoms with van der Waals surface area (Å²) in [4.78, 5) is 13.6. The highest BCUT2D eigenvalue weighted by molar-refractivity contribution is 5.93. The second kappa shape index (κ2) is 3.46. The van der Waals surface area contributed by atoms with Gasteiger partial charge in [0.2, 0.25) is 0 Å². The highest BCUT2D eigenvalue weighted by Crippen LogP contribution is 2.15. The Morgan fingerprint density at radius 1 is 1.71 bits per heavy atom. The van der Waals surface area contributed by atoms with Crippen molar-refractivity contribution in [3.63, 3.8) is 0 Å². The fraction of sp³-hybridized carbons (Fsp3) is 0.500. The van der Waals surface area contributed by atoms with Gasteiger partial charge in [-0.05, 0) is 19.4 Å². The van der Waals surface area contributed by atoms with Gasteiger partial charge in [0.25, 0.3) is 5.91 Å². The van der Waals surface area contributed by atoms with Crippen LogP contribution in [-0.4, -0.2) is 29.9 Å². The largest absolute Gasteiger partial charge is 0.459 e. The van der Waals surface area contributed by atoms with Gasteiger partial charge in [-0.2, -0.15) is 0 Å². The summed E-state index contributed by atoms with van der Waals surface area (Å²) in [5.41, 5.74) is 6.61. The number of likely N-dealkylation sites (tertiary alicyclic amines) is 1. The maximum atomic E-state index is 11.9. The van der Waals surface area contributed by atoms with Crippen molar-refractivity contribution < 1.29 is 9.21 Å². The number of aryl methyl sites for hydroxylation is 1. The summed E-state index contributed by atoms with van der Waals surface area (Å²) in [6.45, 7) is 3.24. The Labute approximate surface area is 82.7 Å². The average Bonchev–Trinajstić information content (AvgIpc) is 2.73. The zero-order chi connectivity index (χ0) is 10.1. The van der Waals surface area contributed by atoms with E-state index in [1.54, 1.807) is 17.2 Å². The van der Waals surface area contributed by atoms with Crippen LogP contribution in [0.5, 0.6) is 0 Å². The van der Waals surface area contributed by atoms with Crippen molar-refractivity contribution >= 4 is 5.91 Å². The van der Waals surface area contributed by atoms with Crippen molar-refractivity contribution in [1.82, 2.24) is 4.90 Å². The van der Waals surface area contributed by atoms with E-state index in [0.717, 1.165) is 18.5 Å². The Kier molecular flexibility index (Phi) is 2.29. The van der Waals surface area contributed by atoms with Gasteiger partial charge in [0, 0.05) is 24.7 Å². The predicted molar refractivity (Wildman–Crippen MR) is 51.9 cm³/mol. The molecule has 1 fully saturated rings. The number of rotatable bonds is 1. The number of hydrogen-bond acceptors (Lipinski definition) is 3. The van der Waals surface area contributed by atoms with Crippen LogP contribution in [0.2, 0.25) is 0 Å². The van der Waals surface area contributed by atoms with Gasteiger partial charge in [0.05, 0.1) is 6.26 Å². The maximum Gasteiger partial charge on any atom is 0.289 e. The summed E-state index contributed by atoms with van der Waals surface area (Å²) in [6.07, 6.45) is 2.42. The van der Waals surface area contributed by atoms with Crippen LogP contribution in [-0.2, 0) is 0 Å². The topological polar surface area (TPSA) is 59.5 Å². The lowest BCUT2D eigenvalue weighted by molar-refractivity contribution is 0.0758. The molecular weight excluding hydrogens is 180 g/mol. The molecule has 0 spiro atoms. The third-order valence-electron chi connectivity index (χ3n) is 2.57. The predicted octanol–water partition coefficient (Wildman–Crippen LogP) is 0.761. The second-order valence-corrected chi connectivity index (χ2v) is 3.73. The number of amides is 1. The molecule has 4 heteroatoms. The van der Waals surface area contributed by atoms with Gasteiger partial charge in [-0.15, -0.1) is 0 Å². The Bertz CT molecular complexity index is 346. The van der Waals surface area contributed by atoms with E-state index in [1.165, 1.54) is 0 Å². The van der Waals surface area contributed by atoms with Crippen molar-refractivity contribution in [3.8, 4) is 0 Å². The van der Waals surface area contributed by atoms with Crippen LogP contribution in [0.15, 0.2) is 16.7 Å². The van der Waals surface area contributed by atoms with Crippen LogP contribution in [0.1, 0.15) is 22.5 Å². The van der Waals surface area contributed by atoms with E-state index in [0.29, 0.717) is 12.3 Å². The van der Waals surface area contributed by atoms with Gasteiger partial charge in [-0.3, -0.25) is 4.79 Å². The first kappa shape index (κ1) is 9.27. The molecule has 2 rings (SSSR count). The lowest BCUT2D eigenvalue weighted by Gasteiger charge is -2.14. The molecule has 0 saturated carbocycles. The van der Waals surface area contributed by atoms with Crippen LogP contribution >= 0.6 is 0 Å². The summed E-state index contributed by atoms with van der Waals surface area (Å²) < 4.78 is 5.14. The third kappa shape index (κ3) is 1.53. The molecule has 0 unspecified atom stereocenters. The van der Waals surface area contributed by atoms with E-state index in [2.05, 4.69) is 0 Å². The number of nitrogens with zero attached hydrogens (tertiary/aromatic N) is 1. The molecule has 1 aromatic heterocycles. The third-order valence-corrected chi connectivity index (χ3v) is 2.57. The molecule has 4 nitrogen and oxygen atoms in total. The summed E-state index contributed by atoms with van der Waals surface area (Å²) in [6, 6.07) is 1.91. The number of hydrogen-bond donors (Lipinski definition) is 1. The number of furan rings is 1. The van der Waals surface area contributed by atoms with E-state index < -0.39 is 0 Å². The smallest absolute Gasteiger partial charge is 0.289 e. The highest BCUT2D eigenvalue weighted by Gasteiger charge is 2.26. The first-order valence-corrected chi connectivity index (χ1v) is 4.77. The van der Waals surface area contributed by atoms with Crippen molar-refractivity contribution in [2.75, 3.05) is 13.1 Å². The first-order valence-electron chi connectivity index (χ1n) is 4.77. The van der Waals surface area contributed by atoms with E-state index in [4.69, 9.17) is 10.2 Å². The maximum absolute atomic E-state index is 11.9. The van der Waals surface area contributed by atoms with Crippen molar-refractivity contribution in [3.05, 3.63) is 23.7 Å². The minimum absolute atomic E-state index is 0.0412. The minimum Gasteiger partial charge on any atom is -0.459 e. The molecule has 1 aromatic rings. The van der Waals surface area contributed by atoms with Gasteiger partial charge in [0.1, 0.15) is 0 Å². The van der Waals surface area contributed by atoms with Gasteiger partial charge in [-0.25, -0.2) is 0 Å².